The van der Waals surface area contributed by atoms with Gasteiger partial charge in [0.05, 0.1) is 25.7 Å². The highest BCUT2D eigenvalue weighted by Gasteiger charge is 2.34. The van der Waals surface area contributed by atoms with Crippen LogP contribution >= 0.6 is 11.6 Å². The summed E-state index contributed by atoms with van der Waals surface area (Å²) < 4.78 is 16.1. The van der Waals surface area contributed by atoms with Crippen LogP contribution in [0.5, 0.6) is 11.5 Å². The van der Waals surface area contributed by atoms with Crippen LogP contribution in [0.25, 0.3) is 11.4 Å². The summed E-state index contributed by atoms with van der Waals surface area (Å²) >= 11 is 6.24. The SMILES string of the molecule is COc1ccc(CC(=O)N2CCC[C@H]2c2nc(-c3ccccc3Cl)no2)cc1OC. The smallest absolute Gasteiger partial charge is 0.249 e. The first-order chi connectivity index (χ1) is 14.6. The summed E-state index contributed by atoms with van der Waals surface area (Å²) in [7, 11) is 3.16. The highest BCUT2D eigenvalue weighted by molar-refractivity contribution is 6.33. The van der Waals surface area contributed by atoms with E-state index in [-0.39, 0.29) is 18.4 Å². The number of halogens is 1. The molecule has 0 unspecified atom stereocenters. The van der Waals surface area contributed by atoms with Crippen molar-refractivity contribution >= 4 is 17.5 Å². The zero-order valence-electron chi connectivity index (χ0n) is 16.8. The van der Waals surface area contributed by atoms with E-state index in [1.807, 2.05) is 30.3 Å². The van der Waals surface area contributed by atoms with Crippen LogP contribution in [0.15, 0.2) is 47.0 Å². The number of amides is 1. The average Bonchev–Trinajstić information content (AvgIpc) is 3.43. The Morgan fingerprint density at radius 3 is 2.77 bits per heavy atom. The lowest BCUT2D eigenvalue weighted by Crippen LogP contribution is -2.32. The third-order valence-electron chi connectivity index (χ3n) is 5.22. The van der Waals surface area contributed by atoms with Crippen LogP contribution in [-0.4, -0.2) is 41.7 Å². The molecule has 1 atom stereocenters. The molecule has 7 nitrogen and oxygen atoms in total. The van der Waals surface area contributed by atoms with Crippen molar-refractivity contribution in [1.82, 2.24) is 15.0 Å². The van der Waals surface area contributed by atoms with Gasteiger partial charge in [0, 0.05) is 12.1 Å². The number of carbonyl (C=O) groups excluding carboxylic acids is 1. The van der Waals surface area contributed by atoms with E-state index in [2.05, 4.69) is 10.1 Å². The summed E-state index contributed by atoms with van der Waals surface area (Å²) in [6.07, 6.45) is 1.91. The van der Waals surface area contributed by atoms with Crippen LogP contribution in [0.3, 0.4) is 0 Å². The Balaban J connectivity index is 1.51. The molecule has 1 aromatic heterocycles. The highest BCUT2D eigenvalue weighted by Crippen LogP contribution is 2.34. The molecule has 1 aliphatic rings. The lowest BCUT2D eigenvalue weighted by atomic mass is 10.1. The lowest BCUT2D eigenvalue weighted by molar-refractivity contribution is -0.131. The van der Waals surface area contributed by atoms with Crippen molar-refractivity contribution < 1.29 is 18.8 Å². The number of likely N-dealkylation sites (tertiary alicyclic amines) is 1. The second-order valence-electron chi connectivity index (χ2n) is 7.05. The minimum atomic E-state index is -0.235. The Bertz CT molecular complexity index is 1050. The summed E-state index contributed by atoms with van der Waals surface area (Å²) in [5, 5.41) is 4.63. The number of hydrogen-bond acceptors (Lipinski definition) is 6. The van der Waals surface area contributed by atoms with E-state index >= 15 is 0 Å². The third-order valence-corrected chi connectivity index (χ3v) is 5.55. The largest absolute Gasteiger partial charge is 0.493 e. The van der Waals surface area contributed by atoms with E-state index < -0.39 is 0 Å². The monoisotopic (exact) mass is 427 g/mol. The quantitative estimate of drug-likeness (QED) is 0.583. The van der Waals surface area contributed by atoms with E-state index in [0.717, 1.165) is 18.4 Å². The van der Waals surface area contributed by atoms with Gasteiger partial charge < -0.3 is 18.9 Å². The number of benzene rings is 2. The maximum Gasteiger partial charge on any atom is 0.249 e. The molecule has 2 heterocycles. The van der Waals surface area contributed by atoms with Crippen molar-refractivity contribution in [2.24, 2.45) is 0 Å². The van der Waals surface area contributed by atoms with Gasteiger partial charge in [-0.05, 0) is 42.7 Å². The van der Waals surface area contributed by atoms with E-state index in [1.165, 1.54) is 0 Å². The van der Waals surface area contributed by atoms with Crippen LogP contribution in [0.2, 0.25) is 5.02 Å². The Morgan fingerprint density at radius 2 is 2.00 bits per heavy atom. The normalized spacial score (nSPS) is 16.0. The summed E-state index contributed by atoms with van der Waals surface area (Å²) in [5.41, 5.74) is 1.56. The van der Waals surface area contributed by atoms with Gasteiger partial charge >= 0.3 is 0 Å². The number of carbonyl (C=O) groups is 1. The van der Waals surface area contributed by atoms with Gasteiger partial charge in [0.25, 0.3) is 0 Å². The molecule has 8 heteroatoms. The molecular formula is C22H22ClN3O4. The van der Waals surface area contributed by atoms with Crippen molar-refractivity contribution in [2.45, 2.75) is 25.3 Å². The Kier molecular flexibility index (Phi) is 5.90. The van der Waals surface area contributed by atoms with Crippen LogP contribution in [0, 0.1) is 0 Å². The average molecular weight is 428 g/mol. The fourth-order valence-corrected chi connectivity index (χ4v) is 3.93. The molecule has 0 radical (unpaired) electrons. The van der Waals surface area contributed by atoms with Crippen LogP contribution in [0.4, 0.5) is 0 Å². The summed E-state index contributed by atoms with van der Waals surface area (Å²) in [4.78, 5) is 19.4. The first kappa shape index (κ1) is 20.2. The van der Waals surface area contributed by atoms with Crippen molar-refractivity contribution in [3.8, 4) is 22.9 Å². The maximum atomic E-state index is 13.0. The van der Waals surface area contributed by atoms with E-state index in [4.69, 9.17) is 25.6 Å². The van der Waals surface area contributed by atoms with Gasteiger partial charge in [-0.3, -0.25) is 4.79 Å². The molecule has 1 aliphatic heterocycles. The van der Waals surface area contributed by atoms with Gasteiger partial charge in [-0.25, -0.2) is 0 Å². The number of rotatable bonds is 6. The number of methoxy groups -OCH3 is 2. The van der Waals surface area contributed by atoms with Crippen LogP contribution in [-0.2, 0) is 11.2 Å². The van der Waals surface area contributed by atoms with Gasteiger partial charge in [0.15, 0.2) is 11.5 Å². The zero-order chi connectivity index (χ0) is 21.1. The van der Waals surface area contributed by atoms with Gasteiger partial charge in [0.2, 0.25) is 17.6 Å². The molecule has 156 valence electrons. The predicted molar refractivity (Wildman–Crippen MR) is 112 cm³/mol. The number of aromatic nitrogens is 2. The first-order valence-corrected chi connectivity index (χ1v) is 10.1. The molecule has 2 aromatic carbocycles. The molecule has 0 N–H and O–H groups in total. The van der Waals surface area contributed by atoms with Gasteiger partial charge in [-0.15, -0.1) is 0 Å². The molecule has 0 saturated carbocycles. The standard InChI is InChI=1S/C22H22ClN3O4/c1-28-18-10-9-14(12-19(18)29-2)13-20(27)26-11-5-8-17(26)22-24-21(25-30-22)15-6-3-4-7-16(15)23/h3-4,6-7,9-10,12,17H,5,8,11,13H2,1-2H3/t17-/m0/s1. The van der Waals surface area contributed by atoms with Crippen molar-refractivity contribution in [2.75, 3.05) is 20.8 Å². The van der Waals surface area contributed by atoms with Gasteiger partial charge in [-0.2, -0.15) is 4.98 Å². The molecule has 0 aliphatic carbocycles. The Morgan fingerprint density at radius 1 is 1.20 bits per heavy atom. The molecule has 1 amide bonds. The summed E-state index contributed by atoms with van der Waals surface area (Å²) in [6, 6.07) is 12.6. The zero-order valence-corrected chi connectivity index (χ0v) is 17.6. The topological polar surface area (TPSA) is 77.7 Å². The number of nitrogens with zero attached hydrogens (tertiary/aromatic N) is 3. The second-order valence-corrected chi connectivity index (χ2v) is 7.45. The molecule has 1 saturated heterocycles. The highest BCUT2D eigenvalue weighted by atomic mass is 35.5. The fraction of sp³-hybridized carbons (Fsp3) is 0.318. The molecule has 0 spiro atoms. The first-order valence-electron chi connectivity index (χ1n) is 9.69. The molecule has 30 heavy (non-hydrogen) atoms. The van der Waals surface area contributed by atoms with Crippen molar-refractivity contribution in [1.29, 1.82) is 0 Å². The lowest BCUT2D eigenvalue weighted by Gasteiger charge is -2.22. The van der Waals surface area contributed by atoms with E-state index in [0.29, 0.717) is 40.3 Å². The maximum absolute atomic E-state index is 13.0. The Hall–Kier alpha value is -3.06. The van der Waals surface area contributed by atoms with E-state index in [1.54, 1.807) is 31.3 Å². The van der Waals surface area contributed by atoms with Crippen molar-refractivity contribution in [3.05, 3.63) is 58.9 Å². The number of hydrogen-bond donors (Lipinski definition) is 0. The summed E-state index contributed by atoms with van der Waals surface area (Å²) in [6.45, 7) is 0.653. The molecule has 1 fully saturated rings. The third kappa shape index (κ3) is 3.98. The minimum absolute atomic E-state index is 0.00205. The fourth-order valence-electron chi connectivity index (χ4n) is 3.71. The van der Waals surface area contributed by atoms with Crippen LogP contribution < -0.4 is 9.47 Å². The van der Waals surface area contributed by atoms with Gasteiger partial charge in [-0.1, -0.05) is 35.0 Å². The Labute approximate surface area is 179 Å². The molecule has 0 bridgehead atoms. The summed E-state index contributed by atoms with van der Waals surface area (Å²) in [5.74, 6) is 2.09. The molecule has 3 aromatic rings. The van der Waals surface area contributed by atoms with Gasteiger partial charge in [0.1, 0.15) is 6.04 Å². The predicted octanol–water partition coefficient (Wildman–Crippen LogP) is 4.31. The van der Waals surface area contributed by atoms with Crippen molar-refractivity contribution in [3.63, 3.8) is 0 Å². The molecular weight excluding hydrogens is 406 g/mol. The van der Waals surface area contributed by atoms with E-state index in [9.17, 15) is 4.79 Å². The number of ether oxygens (including phenoxy) is 2. The second kappa shape index (κ2) is 8.75. The minimum Gasteiger partial charge on any atom is -0.493 e. The molecule has 4 rings (SSSR count). The van der Waals surface area contributed by atoms with Crippen LogP contribution in [0.1, 0.15) is 30.3 Å².